The van der Waals surface area contributed by atoms with Crippen molar-refractivity contribution in [2.75, 3.05) is 13.2 Å². The number of hydrogen-bond acceptors (Lipinski definition) is 2. The third kappa shape index (κ3) is 1.37. The Morgan fingerprint density at radius 3 is 2.29 bits per heavy atom. The van der Waals surface area contributed by atoms with Gasteiger partial charge in [0.15, 0.2) is 0 Å². The molecule has 1 aromatic carbocycles. The molecule has 0 spiro atoms. The molecule has 14 heavy (non-hydrogen) atoms. The molecule has 76 valence electrons. The van der Waals surface area contributed by atoms with Gasteiger partial charge in [0.1, 0.15) is 0 Å². The van der Waals surface area contributed by atoms with Gasteiger partial charge in [-0.2, -0.15) is 12.6 Å². The molecule has 0 saturated carbocycles. The van der Waals surface area contributed by atoms with Gasteiger partial charge in [-0.1, -0.05) is 12.1 Å². The second kappa shape index (κ2) is 3.28. The van der Waals surface area contributed by atoms with Crippen molar-refractivity contribution in [3.8, 4) is 0 Å². The van der Waals surface area contributed by atoms with Crippen LogP contribution in [0.3, 0.4) is 0 Å². The minimum Gasteiger partial charge on any atom is -0.378 e. The first-order valence-electron chi connectivity index (χ1n) is 4.92. The van der Waals surface area contributed by atoms with E-state index in [0.717, 1.165) is 13.2 Å². The highest BCUT2D eigenvalue weighted by Gasteiger charge is 2.37. The zero-order valence-corrected chi connectivity index (χ0v) is 9.82. The van der Waals surface area contributed by atoms with Crippen molar-refractivity contribution in [3.05, 3.63) is 34.4 Å². The van der Waals surface area contributed by atoms with Crippen LogP contribution in [-0.4, -0.2) is 13.2 Å². The van der Waals surface area contributed by atoms with Crippen LogP contribution in [0.1, 0.15) is 22.3 Å². The Morgan fingerprint density at radius 2 is 1.79 bits per heavy atom. The van der Waals surface area contributed by atoms with E-state index in [2.05, 4.69) is 45.5 Å². The largest absolute Gasteiger partial charge is 0.378 e. The van der Waals surface area contributed by atoms with Gasteiger partial charge in [-0.3, -0.25) is 0 Å². The number of aryl methyl sites for hydroxylation is 1. The molecule has 1 aromatic rings. The van der Waals surface area contributed by atoms with E-state index in [4.69, 9.17) is 4.74 Å². The monoisotopic (exact) mass is 208 g/mol. The number of rotatable bonds is 1. The third-order valence-corrected chi connectivity index (χ3v) is 3.74. The molecule has 2 rings (SSSR count). The van der Waals surface area contributed by atoms with Crippen LogP contribution in [0.5, 0.6) is 0 Å². The maximum absolute atomic E-state index is 5.24. The molecule has 0 N–H and O–H groups in total. The van der Waals surface area contributed by atoms with Gasteiger partial charge in [-0.25, -0.2) is 0 Å². The summed E-state index contributed by atoms with van der Waals surface area (Å²) in [6, 6.07) is 4.36. The lowest BCUT2D eigenvalue weighted by Gasteiger charge is -2.39. The molecule has 0 bridgehead atoms. The lowest BCUT2D eigenvalue weighted by molar-refractivity contribution is -0.00998. The fourth-order valence-corrected chi connectivity index (χ4v) is 2.34. The van der Waals surface area contributed by atoms with Crippen molar-refractivity contribution < 1.29 is 4.74 Å². The van der Waals surface area contributed by atoms with Crippen molar-refractivity contribution in [3.63, 3.8) is 0 Å². The average molecular weight is 208 g/mol. The molecular formula is C12H16OS. The van der Waals surface area contributed by atoms with Crippen LogP contribution >= 0.6 is 12.6 Å². The fourth-order valence-electron chi connectivity index (χ4n) is 1.91. The second-order valence-corrected chi connectivity index (χ2v) is 5.06. The quantitative estimate of drug-likeness (QED) is 0.698. The normalized spacial score (nSPS) is 19.1. The van der Waals surface area contributed by atoms with Crippen LogP contribution in [0.25, 0.3) is 0 Å². The van der Waals surface area contributed by atoms with Crippen LogP contribution in [0.15, 0.2) is 12.1 Å². The first-order chi connectivity index (χ1) is 6.54. The summed E-state index contributed by atoms with van der Waals surface area (Å²) >= 11 is 4.69. The van der Waals surface area contributed by atoms with Gasteiger partial charge in [-0.15, -0.1) is 0 Å². The molecule has 0 atom stereocenters. The standard InChI is InChI=1S/C12H16OS/c1-8-4-5-11(10(3)9(8)2)12(14)6-13-7-12/h4-5,14H,6-7H2,1-3H3. The molecule has 0 aromatic heterocycles. The summed E-state index contributed by atoms with van der Waals surface area (Å²) < 4.78 is 5.20. The van der Waals surface area contributed by atoms with E-state index in [1.165, 1.54) is 22.3 Å². The highest BCUT2D eigenvalue weighted by atomic mass is 32.1. The van der Waals surface area contributed by atoms with Crippen LogP contribution < -0.4 is 0 Å². The van der Waals surface area contributed by atoms with Gasteiger partial charge in [0.25, 0.3) is 0 Å². The van der Waals surface area contributed by atoms with Gasteiger partial charge in [0.05, 0.1) is 18.0 Å². The van der Waals surface area contributed by atoms with Crippen molar-refractivity contribution in [1.82, 2.24) is 0 Å². The van der Waals surface area contributed by atoms with Crippen molar-refractivity contribution in [2.45, 2.75) is 25.5 Å². The number of benzene rings is 1. The Bertz CT molecular complexity index is 367. The lowest BCUT2D eigenvalue weighted by Crippen LogP contribution is -2.42. The summed E-state index contributed by atoms with van der Waals surface area (Å²) in [5, 5.41) is 0. The summed E-state index contributed by atoms with van der Waals surface area (Å²) in [5.41, 5.74) is 5.42. The molecule has 1 fully saturated rings. The third-order valence-electron chi connectivity index (χ3n) is 3.24. The van der Waals surface area contributed by atoms with Gasteiger partial charge >= 0.3 is 0 Å². The van der Waals surface area contributed by atoms with Gasteiger partial charge < -0.3 is 4.74 Å². The molecule has 0 radical (unpaired) electrons. The van der Waals surface area contributed by atoms with E-state index in [9.17, 15) is 0 Å². The Kier molecular flexibility index (Phi) is 2.36. The maximum Gasteiger partial charge on any atom is 0.0847 e. The minimum atomic E-state index is -0.0391. The topological polar surface area (TPSA) is 9.23 Å². The maximum atomic E-state index is 5.24. The summed E-state index contributed by atoms with van der Waals surface area (Å²) in [5.74, 6) is 0. The zero-order chi connectivity index (χ0) is 10.3. The van der Waals surface area contributed by atoms with Crippen molar-refractivity contribution >= 4 is 12.6 Å². The van der Waals surface area contributed by atoms with Gasteiger partial charge in [0, 0.05) is 0 Å². The highest BCUT2D eigenvalue weighted by molar-refractivity contribution is 7.81. The summed E-state index contributed by atoms with van der Waals surface area (Å²) in [6.45, 7) is 7.96. The molecule has 0 unspecified atom stereocenters. The molecule has 0 amide bonds. The molecule has 1 saturated heterocycles. The van der Waals surface area contributed by atoms with Crippen LogP contribution in [0, 0.1) is 20.8 Å². The van der Waals surface area contributed by atoms with E-state index in [1.807, 2.05) is 0 Å². The second-order valence-electron chi connectivity index (χ2n) is 4.20. The van der Waals surface area contributed by atoms with Gasteiger partial charge in [-0.05, 0) is 43.0 Å². The Balaban J connectivity index is 2.49. The predicted molar refractivity (Wildman–Crippen MR) is 62.1 cm³/mol. The first-order valence-corrected chi connectivity index (χ1v) is 5.37. The fraction of sp³-hybridized carbons (Fsp3) is 0.500. The van der Waals surface area contributed by atoms with Gasteiger partial charge in [0.2, 0.25) is 0 Å². The number of ether oxygens (including phenoxy) is 1. The van der Waals surface area contributed by atoms with Crippen molar-refractivity contribution in [1.29, 1.82) is 0 Å². The molecule has 0 aliphatic carbocycles. The predicted octanol–water partition coefficient (Wildman–Crippen LogP) is 2.77. The Morgan fingerprint density at radius 1 is 1.14 bits per heavy atom. The molecule has 1 aliphatic rings. The summed E-state index contributed by atoms with van der Waals surface area (Å²) in [4.78, 5) is 0. The average Bonchev–Trinajstić information content (AvgIpc) is 2.11. The molecule has 1 aliphatic heterocycles. The van der Waals surface area contributed by atoms with Crippen molar-refractivity contribution in [2.24, 2.45) is 0 Å². The minimum absolute atomic E-state index is 0.0391. The molecule has 2 heteroatoms. The molecular weight excluding hydrogens is 192 g/mol. The van der Waals surface area contributed by atoms with E-state index >= 15 is 0 Å². The summed E-state index contributed by atoms with van der Waals surface area (Å²) in [7, 11) is 0. The Labute approximate surface area is 90.9 Å². The highest BCUT2D eigenvalue weighted by Crippen LogP contribution is 2.38. The number of thiol groups is 1. The van der Waals surface area contributed by atoms with Crippen LogP contribution in [-0.2, 0) is 9.48 Å². The van der Waals surface area contributed by atoms with E-state index in [1.54, 1.807) is 0 Å². The van der Waals surface area contributed by atoms with Crippen LogP contribution in [0.4, 0.5) is 0 Å². The smallest absolute Gasteiger partial charge is 0.0847 e. The lowest BCUT2D eigenvalue weighted by atomic mass is 9.88. The molecule has 1 nitrogen and oxygen atoms in total. The summed E-state index contributed by atoms with van der Waals surface area (Å²) in [6.07, 6.45) is 0. The van der Waals surface area contributed by atoms with E-state index in [-0.39, 0.29) is 4.75 Å². The van der Waals surface area contributed by atoms with Crippen LogP contribution in [0.2, 0.25) is 0 Å². The molecule has 1 heterocycles. The zero-order valence-electron chi connectivity index (χ0n) is 8.92. The number of hydrogen-bond donors (Lipinski definition) is 1. The van der Waals surface area contributed by atoms with E-state index in [0.29, 0.717) is 0 Å². The first kappa shape index (κ1) is 10.1. The Hall–Kier alpha value is -0.470. The SMILES string of the molecule is Cc1ccc(C2(S)COC2)c(C)c1C. The van der Waals surface area contributed by atoms with E-state index < -0.39 is 0 Å².